The molecule has 0 aromatic heterocycles. The van der Waals surface area contributed by atoms with Crippen LogP contribution >= 0.6 is 0 Å². The number of carbonyl (C=O) groups excluding carboxylic acids is 1. The third-order valence-corrected chi connectivity index (χ3v) is 3.84. The Labute approximate surface area is 113 Å². The van der Waals surface area contributed by atoms with Crippen LogP contribution in [0.3, 0.4) is 0 Å². The second kappa shape index (κ2) is 4.93. The first-order valence-electron chi connectivity index (χ1n) is 6.82. The van der Waals surface area contributed by atoms with Crippen LogP contribution in [0.4, 0.5) is 5.69 Å². The predicted octanol–water partition coefficient (Wildman–Crippen LogP) is 1.66. The Morgan fingerprint density at radius 2 is 2.00 bits per heavy atom. The molecule has 4 heteroatoms. The molecular formula is C15H17N3O. The van der Waals surface area contributed by atoms with Gasteiger partial charge in [0.25, 0.3) is 0 Å². The smallest absolute Gasteiger partial charge is 0.225 e. The zero-order valence-corrected chi connectivity index (χ0v) is 10.8. The number of carbonyl (C=O) groups is 1. The fraction of sp³-hybridized carbons (Fsp3) is 0.467. The van der Waals surface area contributed by atoms with E-state index < -0.39 is 0 Å². The minimum absolute atomic E-state index is 0.108. The van der Waals surface area contributed by atoms with Crippen LogP contribution in [0.15, 0.2) is 24.3 Å². The van der Waals surface area contributed by atoms with Gasteiger partial charge < -0.3 is 10.2 Å². The Morgan fingerprint density at radius 1 is 1.26 bits per heavy atom. The van der Waals surface area contributed by atoms with Crippen LogP contribution in [0.5, 0.6) is 0 Å². The number of hydrogen-bond donors (Lipinski definition) is 1. The first-order chi connectivity index (χ1) is 9.26. The van der Waals surface area contributed by atoms with Gasteiger partial charge >= 0.3 is 0 Å². The van der Waals surface area contributed by atoms with Crippen LogP contribution in [-0.4, -0.2) is 25.0 Å². The minimum atomic E-state index is 0.108. The summed E-state index contributed by atoms with van der Waals surface area (Å²) < 4.78 is 0. The van der Waals surface area contributed by atoms with Gasteiger partial charge in [0, 0.05) is 24.8 Å². The van der Waals surface area contributed by atoms with Gasteiger partial charge in [-0.1, -0.05) is 0 Å². The van der Waals surface area contributed by atoms with Crippen molar-refractivity contribution < 1.29 is 4.79 Å². The highest BCUT2D eigenvalue weighted by Crippen LogP contribution is 2.26. The third-order valence-electron chi connectivity index (χ3n) is 3.84. The van der Waals surface area contributed by atoms with E-state index in [9.17, 15) is 4.79 Å². The summed E-state index contributed by atoms with van der Waals surface area (Å²) >= 11 is 0. The summed E-state index contributed by atoms with van der Waals surface area (Å²) in [6.45, 7) is 1.69. The molecule has 0 spiro atoms. The second-order valence-electron chi connectivity index (χ2n) is 5.37. The topological polar surface area (TPSA) is 56.1 Å². The van der Waals surface area contributed by atoms with Gasteiger partial charge in [0.2, 0.25) is 5.91 Å². The van der Waals surface area contributed by atoms with E-state index in [1.54, 1.807) is 0 Å². The van der Waals surface area contributed by atoms with Gasteiger partial charge in [-0.15, -0.1) is 0 Å². The van der Waals surface area contributed by atoms with E-state index >= 15 is 0 Å². The second-order valence-corrected chi connectivity index (χ2v) is 5.37. The van der Waals surface area contributed by atoms with E-state index in [1.807, 2.05) is 24.3 Å². The van der Waals surface area contributed by atoms with Crippen molar-refractivity contribution in [3.8, 4) is 6.07 Å². The lowest BCUT2D eigenvalue weighted by atomic mass is 10.1. The summed E-state index contributed by atoms with van der Waals surface area (Å²) in [6.07, 6.45) is 3.19. The Hall–Kier alpha value is -2.02. The molecule has 2 aliphatic rings. The lowest BCUT2D eigenvalue weighted by Gasteiger charge is -2.18. The van der Waals surface area contributed by atoms with Crippen LogP contribution in [0.25, 0.3) is 0 Å². The van der Waals surface area contributed by atoms with E-state index in [4.69, 9.17) is 5.26 Å². The van der Waals surface area contributed by atoms with Crippen molar-refractivity contribution in [3.63, 3.8) is 0 Å². The Bertz CT molecular complexity index is 513. The number of rotatable bonds is 3. The highest BCUT2D eigenvalue weighted by molar-refractivity contribution is 5.80. The molecule has 1 amide bonds. The van der Waals surface area contributed by atoms with E-state index in [2.05, 4.69) is 16.3 Å². The Morgan fingerprint density at radius 3 is 2.63 bits per heavy atom. The van der Waals surface area contributed by atoms with E-state index in [0.717, 1.165) is 38.0 Å². The molecule has 98 valence electrons. The first kappa shape index (κ1) is 12.0. The molecule has 2 fully saturated rings. The summed E-state index contributed by atoms with van der Waals surface area (Å²) in [7, 11) is 0. The monoisotopic (exact) mass is 255 g/mol. The average molecular weight is 255 g/mol. The van der Waals surface area contributed by atoms with Crippen molar-refractivity contribution in [3.05, 3.63) is 29.8 Å². The minimum Gasteiger partial charge on any atom is -0.371 e. The lowest BCUT2D eigenvalue weighted by molar-refractivity contribution is -0.124. The van der Waals surface area contributed by atoms with E-state index in [-0.39, 0.29) is 11.8 Å². The largest absolute Gasteiger partial charge is 0.371 e. The van der Waals surface area contributed by atoms with E-state index in [1.165, 1.54) is 0 Å². The van der Waals surface area contributed by atoms with Gasteiger partial charge in [-0.05, 0) is 43.5 Å². The normalized spacial score (nSPS) is 22.1. The number of nitrogens with one attached hydrogen (secondary N) is 1. The fourth-order valence-electron chi connectivity index (χ4n) is 2.50. The molecule has 1 unspecified atom stereocenters. The molecule has 1 aliphatic carbocycles. The average Bonchev–Trinajstić information content (AvgIpc) is 3.11. The number of hydrogen-bond acceptors (Lipinski definition) is 3. The third kappa shape index (κ3) is 2.70. The van der Waals surface area contributed by atoms with Gasteiger partial charge in [-0.3, -0.25) is 4.79 Å². The van der Waals surface area contributed by atoms with Crippen molar-refractivity contribution in [1.82, 2.24) is 5.32 Å². The van der Waals surface area contributed by atoms with Gasteiger partial charge in [0.1, 0.15) is 0 Å². The molecule has 1 heterocycles. The molecule has 3 rings (SSSR count). The number of nitriles is 1. The van der Waals surface area contributed by atoms with Crippen molar-refractivity contribution >= 4 is 11.6 Å². The standard InChI is InChI=1S/C15H17N3O/c16-9-11-1-5-14(6-2-11)18-8-7-12(10-18)15(19)17-13-3-4-13/h1-2,5-6,12-13H,3-4,7-8,10H2,(H,17,19). The maximum atomic E-state index is 12.0. The van der Waals surface area contributed by atoms with Crippen LogP contribution in [0.1, 0.15) is 24.8 Å². The lowest BCUT2D eigenvalue weighted by Crippen LogP contribution is -2.34. The van der Waals surface area contributed by atoms with Crippen LogP contribution in [-0.2, 0) is 4.79 Å². The molecule has 1 aliphatic heterocycles. The summed E-state index contributed by atoms with van der Waals surface area (Å²) in [5.41, 5.74) is 1.77. The Kier molecular flexibility index (Phi) is 3.12. The van der Waals surface area contributed by atoms with Gasteiger partial charge in [-0.2, -0.15) is 5.26 Å². The van der Waals surface area contributed by atoms with Gasteiger partial charge in [0.15, 0.2) is 0 Å². The number of benzene rings is 1. The summed E-state index contributed by atoms with van der Waals surface area (Å²) in [4.78, 5) is 14.2. The summed E-state index contributed by atoms with van der Waals surface area (Å²) in [5.74, 6) is 0.315. The zero-order chi connectivity index (χ0) is 13.2. The van der Waals surface area contributed by atoms with Crippen molar-refractivity contribution in [2.75, 3.05) is 18.0 Å². The molecule has 1 aromatic carbocycles. The summed E-state index contributed by atoms with van der Waals surface area (Å²) in [6, 6.07) is 10.1. The van der Waals surface area contributed by atoms with E-state index in [0.29, 0.717) is 11.6 Å². The van der Waals surface area contributed by atoms with Crippen molar-refractivity contribution in [1.29, 1.82) is 5.26 Å². The highest BCUT2D eigenvalue weighted by atomic mass is 16.2. The van der Waals surface area contributed by atoms with Gasteiger partial charge in [0.05, 0.1) is 17.6 Å². The van der Waals surface area contributed by atoms with Gasteiger partial charge in [-0.25, -0.2) is 0 Å². The van der Waals surface area contributed by atoms with Crippen molar-refractivity contribution in [2.45, 2.75) is 25.3 Å². The van der Waals surface area contributed by atoms with Crippen LogP contribution < -0.4 is 10.2 Å². The molecule has 4 nitrogen and oxygen atoms in total. The molecule has 0 bridgehead atoms. The Balaban J connectivity index is 1.61. The number of nitrogens with zero attached hydrogens (tertiary/aromatic N) is 2. The van der Waals surface area contributed by atoms with Crippen LogP contribution in [0, 0.1) is 17.2 Å². The first-order valence-corrected chi connectivity index (χ1v) is 6.82. The maximum absolute atomic E-state index is 12.0. The molecule has 1 atom stereocenters. The maximum Gasteiger partial charge on any atom is 0.225 e. The molecule has 1 aromatic rings. The zero-order valence-electron chi connectivity index (χ0n) is 10.8. The number of anilines is 1. The molecule has 1 N–H and O–H groups in total. The SMILES string of the molecule is N#Cc1ccc(N2CCC(C(=O)NC3CC3)C2)cc1. The predicted molar refractivity (Wildman–Crippen MR) is 72.6 cm³/mol. The molecule has 19 heavy (non-hydrogen) atoms. The van der Waals surface area contributed by atoms with Crippen molar-refractivity contribution in [2.24, 2.45) is 5.92 Å². The molecule has 1 saturated carbocycles. The molecular weight excluding hydrogens is 238 g/mol. The summed E-state index contributed by atoms with van der Waals surface area (Å²) in [5, 5.41) is 11.9. The molecule has 1 saturated heterocycles. The fourth-order valence-corrected chi connectivity index (χ4v) is 2.50. The number of amides is 1. The van der Waals surface area contributed by atoms with Crippen LogP contribution in [0.2, 0.25) is 0 Å². The highest BCUT2D eigenvalue weighted by Gasteiger charge is 2.32. The quantitative estimate of drug-likeness (QED) is 0.893. The molecule has 0 radical (unpaired) electrons.